The van der Waals surface area contributed by atoms with Crippen LogP contribution in [0.3, 0.4) is 0 Å². The Hall–Kier alpha value is -2.93. The average molecular weight is 451 g/mol. The van der Waals surface area contributed by atoms with Crippen molar-refractivity contribution in [2.75, 3.05) is 38.0 Å². The fourth-order valence-corrected chi connectivity index (χ4v) is 4.45. The molecular formula is C26H34N4O3. The molecule has 176 valence electrons. The summed E-state index contributed by atoms with van der Waals surface area (Å²) in [6.07, 6.45) is 7.92. The van der Waals surface area contributed by atoms with Crippen LogP contribution in [0.25, 0.3) is 0 Å². The summed E-state index contributed by atoms with van der Waals surface area (Å²) in [6, 6.07) is 11.2. The van der Waals surface area contributed by atoms with Gasteiger partial charge in [0, 0.05) is 62.6 Å². The van der Waals surface area contributed by atoms with Gasteiger partial charge in [-0.25, -0.2) is 4.79 Å². The van der Waals surface area contributed by atoms with Crippen LogP contribution in [-0.4, -0.2) is 59.5 Å². The lowest BCUT2D eigenvalue weighted by molar-refractivity contribution is -0.120. The Kier molecular flexibility index (Phi) is 7.94. The molecule has 0 unspecified atom stereocenters. The van der Waals surface area contributed by atoms with Crippen molar-refractivity contribution in [3.63, 3.8) is 0 Å². The summed E-state index contributed by atoms with van der Waals surface area (Å²) < 4.78 is 5.55. The number of aromatic nitrogens is 1. The number of benzene rings is 1. The van der Waals surface area contributed by atoms with E-state index in [2.05, 4.69) is 27.3 Å². The van der Waals surface area contributed by atoms with Crippen molar-refractivity contribution in [1.82, 2.24) is 14.8 Å². The molecule has 2 fully saturated rings. The van der Waals surface area contributed by atoms with E-state index in [0.717, 1.165) is 63.1 Å². The van der Waals surface area contributed by atoms with E-state index in [1.807, 2.05) is 13.1 Å². The summed E-state index contributed by atoms with van der Waals surface area (Å²) in [7, 11) is 0. The lowest BCUT2D eigenvalue weighted by Crippen LogP contribution is -2.49. The Labute approximate surface area is 196 Å². The van der Waals surface area contributed by atoms with E-state index in [1.165, 1.54) is 12.0 Å². The van der Waals surface area contributed by atoms with Gasteiger partial charge in [-0.3, -0.25) is 14.7 Å². The molecule has 2 amide bonds. The smallest absolute Gasteiger partial charge is 0.410 e. The van der Waals surface area contributed by atoms with E-state index in [9.17, 15) is 9.59 Å². The second kappa shape index (κ2) is 11.3. The predicted octanol–water partition coefficient (Wildman–Crippen LogP) is 4.27. The van der Waals surface area contributed by atoms with Crippen molar-refractivity contribution in [2.24, 2.45) is 5.92 Å². The minimum absolute atomic E-state index is 0.0930. The van der Waals surface area contributed by atoms with Gasteiger partial charge in [0.15, 0.2) is 0 Å². The van der Waals surface area contributed by atoms with Gasteiger partial charge in [0.1, 0.15) is 5.75 Å². The molecule has 1 aliphatic carbocycles. The van der Waals surface area contributed by atoms with Crippen LogP contribution in [-0.2, 0) is 11.2 Å². The zero-order valence-corrected chi connectivity index (χ0v) is 19.5. The number of anilines is 1. The van der Waals surface area contributed by atoms with E-state index in [1.54, 1.807) is 29.2 Å². The highest BCUT2D eigenvalue weighted by atomic mass is 16.6. The highest BCUT2D eigenvalue weighted by Crippen LogP contribution is 2.25. The van der Waals surface area contributed by atoms with Crippen LogP contribution in [0, 0.1) is 12.8 Å². The first kappa shape index (κ1) is 23.2. The number of hydrogen-bond donors (Lipinski definition) is 1. The maximum Gasteiger partial charge on any atom is 0.415 e. The van der Waals surface area contributed by atoms with E-state index < -0.39 is 0 Å². The molecule has 1 aromatic heterocycles. The molecule has 7 heteroatoms. The number of ether oxygens (including phenoxy) is 1. The first-order valence-corrected chi connectivity index (χ1v) is 12.1. The summed E-state index contributed by atoms with van der Waals surface area (Å²) >= 11 is 0. The van der Waals surface area contributed by atoms with Gasteiger partial charge in [0.2, 0.25) is 5.91 Å². The number of carbonyl (C=O) groups excluding carboxylic acids is 2. The van der Waals surface area contributed by atoms with Crippen LogP contribution >= 0.6 is 0 Å². The minimum atomic E-state index is -0.325. The summed E-state index contributed by atoms with van der Waals surface area (Å²) in [6.45, 7) is 5.93. The lowest BCUT2D eigenvalue weighted by Gasteiger charge is -2.33. The largest absolute Gasteiger partial charge is 0.415 e. The second-order valence-corrected chi connectivity index (χ2v) is 9.12. The number of nitrogens with one attached hydrogen (secondary N) is 1. The first-order chi connectivity index (χ1) is 16.1. The quantitative estimate of drug-likeness (QED) is 0.712. The zero-order valence-electron chi connectivity index (χ0n) is 19.5. The molecule has 2 heterocycles. The van der Waals surface area contributed by atoms with Crippen LogP contribution in [0.5, 0.6) is 5.75 Å². The summed E-state index contributed by atoms with van der Waals surface area (Å²) in [4.78, 5) is 33.5. The molecule has 1 aliphatic heterocycles. The van der Waals surface area contributed by atoms with Gasteiger partial charge in [-0.1, -0.05) is 25.3 Å². The number of rotatable bonds is 6. The molecule has 1 aromatic carbocycles. The number of carbonyl (C=O) groups is 2. The number of aryl methyl sites for hydroxylation is 1. The van der Waals surface area contributed by atoms with E-state index in [-0.39, 0.29) is 17.9 Å². The monoisotopic (exact) mass is 450 g/mol. The van der Waals surface area contributed by atoms with E-state index in [0.29, 0.717) is 18.8 Å². The third-order valence-corrected chi connectivity index (χ3v) is 6.59. The molecular weight excluding hydrogens is 416 g/mol. The number of nitrogens with zero attached hydrogens (tertiary/aromatic N) is 3. The fraction of sp³-hybridized carbons (Fsp3) is 0.500. The highest BCUT2D eigenvalue weighted by Gasteiger charge is 2.23. The average Bonchev–Trinajstić information content (AvgIpc) is 2.85. The van der Waals surface area contributed by atoms with Gasteiger partial charge in [-0.15, -0.1) is 0 Å². The fourth-order valence-electron chi connectivity index (χ4n) is 4.45. The molecule has 0 atom stereocenters. The van der Waals surface area contributed by atoms with Gasteiger partial charge in [0.05, 0.1) is 0 Å². The highest BCUT2D eigenvalue weighted by molar-refractivity contribution is 5.92. The number of amides is 2. The van der Waals surface area contributed by atoms with Crippen LogP contribution in [0.4, 0.5) is 10.5 Å². The SMILES string of the molecule is Cc1ccc(CCN2CCN(C(=O)Oc3ccc(NC(=O)C4CCCCC4)cc3)CC2)nc1. The third-order valence-electron chi connectivity index (χ3n) is 6.59. The zero-order chi connectivity index (χ0) is 23.0. The van der Waals surface area contributed by atoms with Crippen molar-refractivity contribution < 1.29 is 14.3 Å². The van der Waals surface area contributed by atoms with Gasteiger partial charge < -0.3 is 15.0 Å². The van der Waals surface area contributed by atoms with Crippen molar-refractivity contribution >= 4 is 17.7 Å². The van der Waals surface area contributed by atoms with Crippen molar-refractivity contribution in [2.45, 2.75) is 45.4 Å². The van der Waals surface area contributed by atoms with Crippen molar-refractivity contribution in [3.8, 4) is 5.75 Å². The molecule has 33 heavy (non-hydrogen) atoms. The van der Waals surface area contributed by atoms with E-state index >= 15 is 0 Å². The summed E-state index contributed by atoms with van der Waals surface area (Å²) in [5.74, 6) is 0.696. The van der Waals surface area contributed by atoms with Crippen LogP contribution < -0.4 is 10.1 Å². The maximum atomic E-state index is 12.6. The molecule has 2 aromatic rings. The Morgan fingerprint density at radius 1 is 1.00 bits per heavy atom. The molecule has 4 rings (SSSR count). The number of pyridine rings is 1. The standard InChI is InChI=1S/C26H34N4O3/c1-20-7-8-22(27-19-20)13-14-29-15-17-30(18-16-29)26(32)33-24-11-9-23(10-12-24)28-25(31)21-5-3-2-4-6-21/h7-12,19,21H,2-6,13-18H2,1H3,(H,28,31). The normalized spacial score (nSPS) is 17.5. The maximum absolute atomic E-state index is 12.6. The third kappa shape index (κ3) is 6.78. The second-order valence-electron chi connectivity index (χ2n) is 9.12. The molecule has 1 saturated heterocycles. The minimum Gasteiger partial charge on any atom is -0.410 e. The topological polar surface area (TPSA) is 74.8 Å². The van der Waals surface area contributed by atoms with Crippen molar-refractivity contribution in [1.29, 1.82) is 0 Å². The van der Waals surface area contributed by atoms with Gasteiger partial charge in [0.25, 0.3) is 0 Å². The first-order valence-electron chi connectivity index (χ1n) is 12.1. The predicted molar refractivity (Wildman–Crippen MR) is 128 cm³/mol. The van der Waals surface area contributed by atoms with E-state index in [4.69, 9.17) is 4.74 Å². The molecule has 2 aliphatic rings. The molecule has 1 N–H and O–H groups in total. The summed E-state index contributed by atoms with van der Waals surface area (Å²) in [5.41, 5.74) is 3.01. The number of hydrogen-bond acceptors (Lipinski definition) is 5. The molecule has 7 nitrogen and oxygen atoms in total. The molecule has 0 bridgehead atoms. The lowest BCUT2D eigenvalue weighted by atomic mass is 9.88. The molecule has 0 spiro atoms. The van der Waals surface area contributed by atoms with Gasteiger partial charge >= 0.3 is 6.09 Å². The number of piperazine rings is 1. The van der Waals surface area contributed by atoms with Crippen LogP contribution in [0.2, 0.25) is 0 Å². The molecule has 1 saturated carbocycles. The van der Waals surface area contributed by atoms with Gasteiger partial charge in [-0.2, -0.15) is 0 Å². The van der Waals surface area contributed by atoms with Crippen LogP contribution in [0.1, 0.15) is 43.4 Å². The Morgan fingerprint density at radius 2 is 1.73 bits per heavy atom. The molecule has 0 radical (unpaired) electrons. The van der Waals surface area contributed by atoms with Crippen LogP contribution in [0.15, 0.2) is 42.6 Å². The Morgan fingerprint density at radius 3 is 2.39 bits per heavy atom. The van der Waals surface area contributed by atoms with Gasteiger partial charge in [-0.05, 0) is 55.7 Å². The Balaban J connectivity index is 1.18. The Bertz CT molecular complexity index is 916. The van der Waals surface area contributed by atoms with Crippen molar-refractivity contribution in [3.05, 3.63) is 53.9 Å². The summed E-state index contributed by atoms with van der Waals surface area (Å²) in [5, 5.41) is 2.99.